The van der Waals surface area contributed by atoms with Crippen LogP contribution in [0.25, 0.3) is 0 Å². The van der Waals surface area contributed by atoms with E-state index >= 15 is 0 Å². The van der Waals surface area contributed by atoms with Crippen LogP contribution in [0.15, 0.2) is 48.5 Å². The molecule has 0 radical (unpaired) electrons. The number of rotatable bonds is 2. The summed E-state index contributed by atoms with van der Waals surface area (Å²) >= 11 is 0. The highest BCUT2D eigenvalue weighted by Crippen LogP contribution is 2.46. The molecule has 1 spiro atoms. The summed E-state index contributed by atoms with van der Waals surface area (Å²) in [5, 5.41) is 11.1. The van der Waals surface area contributed by atoms with Crippen LogP contribution in [0.5, 0.6) is 0 Å². The van der Waals surface area contributed by atoms with E-state index in [1.54, 1.807) is 4.90 Å². The van der Waals surface area contributed by atoms with Gasteiger partial charge in [0.2, 0.25) is 5.91 Å². The summed E-state index contributed by atoms with van der Waals surface area (Å²) in [7, 11) is 0. The molecule has 0 bridgehead atoms. The molecule has 2 aromatic rings. The van der Waals surface area contributed by atoms with Crippen molar-refractivity contribution in [3.05, 3.63) is 65.2 Å². The topological polar surface area (TPSA) is 60.9 Å². The van der Waals surface area contributed by atoms with Gasteiger partial charge in [-0.1, -0.05) is 42.0 Å². The number of Topliss-reactive ketones (excluding diaryl/α,β-unsaturated/α-hetero) is 1. The second-order valence-electron chi connectivity index (χ2n) is 7.65. The highest BCUT2D eigenvalue weighted by Gasteiger charge is 2.59. The van der Waals surface area contributed by atoms with E-state index in [0.29, 0.717) is 25.9 Å². The number of hydrogen-bond donors (Lipinski definition) is 1. The number of nitrogens with zero attached hydrogens (tertiary/aromatic N) is 2. The maximum Gasteiger partial charge on any atom is 0.243 e. The average molecular weight is 364 g/mol. The molecule has 0 saturated carbocycles. The molecule has 0 aliphatic carbocycles. The molecular formula is C22H24N2O3. The zero-order chi connectivity index (χ0) is 19.2. The monoisotopic (exact) mass is 364 g/mol. The largest absolute Gasteiger partial charge is 0.314 e. The molecule has 1 unspecified atom stereocenters. The molecule has 140 valence electrons. The molecule has 5 heteroatoms. The fourth-order valence-corrected chi connectivity index (χ4v) is 4.46. The van der Waals surface area contributed by atoms with Crippen molar-refractivity contribution in [1.82, 2.24) is 5.06 Å². The van der Waals surface area contributed by atoms with Crippen molar-refractivity contribution < 1.29 is 14.8 Å². The van der Waals surface area contributed by atoms with Gasteiger partial charge in [0.25, 0.3) is 0 Å². The first-order valence-corrected chi connectivity index (χ1v) is 9.38. The van der Waals surface area contributed by atoms with Crippen molar-refractivity contribution in [3.63, 3.8) is 0 Å². The van der Waals surface area contributed by atoms with Crippen LogP contribution >= 0.6 is 0 Å². The lowest BCUT2D eigenvalue weighted by atomic mass is 9.79. The van der Waals surface area contributed by atoms with E-state index < -0.39 is 11.5 Å². The van der Waals surface area contributed by atoms with Crippen LogP contribution in [-0.2, 0) is 9.59 Å². The summed E-state index contributed by atoms with van der Waals surface area (Å²) in [6, 6.07) is 15.3. The van der Waals surface area contributed by atoms with Crippen molar-refractivity contribution in [1.29, 1.82) is 0 Å². The van der Waals surface area contributed by atoms with Gasteiger partial charge in [-0.05, 0) is 49.9 Å². The van der Waals surface area contributed by atoms with Crippen LogP contribution in [0.2, 0.25) is 0 Å². The summed E-state index contributed by atoms with van der Waals surface area (Å²) in [6.07, 6.45) is 0.870. The second-order valence-corrected chi connectivity index (χ2v) is 7.65. The first-order valence-electron chi connectivity index (χ1n) is 9.38. The number of carbonyl (C=O) groups excluding carboxylic acids is 2. The lowest BCUT2D eigenvalue weighted by Crippen LogP contribution is -2.56. The number of carbonyl (C=O) groups is 2. The van der Waals surface area contributed by atoms with Gasteiger partial charge in [0.1, 0.15) is 11.5 Å². The number of anilines is 1. The Balaban J connectivity index is 1.86. The smallest absolute Gasteiger partial charge is 0.243 e. The van der Waals surface area contributed by atoms with Gasteiger partial charge in [0.15, 0.2) is 5.78 Å². The average Bonchev–Trinajstić information content (AvgIpc) is 2.87. The van der Waals surface area contributed by atoms with Crippen LogP contribution in [-0.4, -0.2) is 40.6 Å². The quantitative estimate of drug-likeness (QED) is 0.831. The summed E-state index contributed by atoms with van der Waals surface area (Å²) in [4.78, 5) is 29.0. The fraction of sp³-hybridized carbons (Fsp3) is 0.364. The van der Waals surface area contributed by atoms with Crippen LogP contribution in [0, 0.1) is 13.8 Å². The molecule has 2 aliphatic rings. The third-order valence-corrected chi connectivity index (χ3v) is 5.94. The summed E-state index contributed by atoms with van der Waals surface area (Å²) in [5.41, 5.74) is 2.65. The van der Waals surface area contributed by atoms with Crippen LogP contribution < -0.4 is 4.90 Å². The summed E-state index contributed by atoms with van der Waals surface area (Å²) < 4.78 is 0. The minimum absolute atomic E-state index is 0.0434. The lowest BCUT2D eigenvalue weighted by molar-refractivity contribution is -0.135. The molecule has 1 atom stereocenters. The van der Waals surface area contributed by atoms with Crippen LogP contribution in [0.1, 0.15) is 35.4 Å². The van der Waals surface area contributed by atoms with Gasteiger partial charge in [0, 0.05) is 18.8 Å². The Hall–Kier alpha value is -2.50. The van der Waals surface area contributed by atoms with E-state index in [0.717, 1.165) is 22.4 Å². The van der Waals surface area contributed by atoms with E-state index in [2.05, 4.69) is 0 Å². The Bertz CT molecular complexity index is 886. The molecular weight excluding hydrogens is 340 g/mol. The van der Waals surface area contributed by atoms with E-state index in [4.69, 9.17) is 0 Å². The van der Waals surface area contributed by atoms with E-state index in [1.165, 1.54) is 5.06 Å². The zero-order valence-corrected chi connectivity index (χ0v) is 15.7. The van der Waals surface area contributed by atoms with Crippen molar-refractivity contribution in [3.8, 4) is 0 Å². The number of hydrogen-bond acceptors (Lipinski definition) is 4. The minimum atomic E-state index is -0.890. The van der Waals surface area contributed by atoms with Gasteiger partial charge in [-0.2, -0.15) is 5.06 Å². The first-order chi connectivity index (χ1) is 12.9. The predicted molar refractivity (Wildman–Crippen MR) is 103 cm³/mol. The van der Waals surface area contributed by atoms with Gasteiger partial charge < -0.3 is 5.21 Å². The molecule has 5 nitrogen and oxygen atoms in total. The molecule has 2 heterocycles. The number of amides is 1. The van der Waals surface area contributed by atoms with Gasteiger partial charge >= 0.3 is 0 Å². The molecule has 2 aliphatic heterocycles. The second kappa shape index (κ2) is 6.59. The Labute approximate surface area is 159 Å². The third-order valence-electron chi connectivity index (χ3n) is 5.94. The molecule has 27 heavy (non-hydrogen) atoms. The maximum absolute atomic E-state index is 13.7. The zero-order valence-electron chi connectivity index (χ0n) is 15.7. The summed E-state index contributed by atoms with van der Waals surface area (Å²) in [6.45, 7) is 4.68. The normalized spacial score (nSPS) is 22.6. The Kier molecular flexibility index (Phi) is 4.36. The summed E-state index contributed by atoms with van der Waals surface area (Å²) in [5.74, 6) is -0.986. The maximum atomic E-state index is 13.7. The van der Waals surface area contributed by atoms with Crippen molar-refractivity contribution in [2.75, 3.05) is 18.0 Å². The highest BCUT2D eigenvalue weighted by atomic mass is 16.5. The van der Waals surface area contributed by atoms with E-state index in [1.807, 2.05) is 62.4 Å². The SMILES string of the molecule is Cc1ccc(C)c(C2C(=O)N(c3ccccc3)C3(CCN(O)CC3)C2=O)c1. The lowest BCUT2D eigenvalue weighted by Gasteiger charge is -2.41. The number of piperidine rings is 1. The third kappa shape index (κ3) is 2.78. The molecule has 2 fully saturated rings. The van der Waals surface area contributed by atoms with Gasteiger partial charge in [0.05, 0.1) is 0 Å². The minimum Gasteiger partial charge on any atom is -0.314 e. The molecule has 2 aromatic carbocycles. The Morgan fingerprint density at radius 1 is 1.00 bits per heavy atom. The molecule has 4 rings (SSSR count). The number of aryl methyl sites for hydroxylation is 2. The van der Waals surface area contributed by atoms with E-state index in [-0.39, 0.29) is 11.7 Å². The first kappa shape index (κ1) is 17.9. The van der Waals surface area contributed by atoms with Gasteiger partial charge in [-0.3, -0.25) is 14.5 Å². The Morgan fingerprint density at radius 2 is 1.67 bits per heavy atom. The number of ketones is 1. The van der Waals surface area contributed by atoms with Crippen molar-refractivity contribution >= 4 is 17.4 Å². The molecule has 2 saturated heterocycles. The standard InChI is InChI=1S/C22H24N2O3/c1-15-8-9-16(2)18(14-15)19-20(25)22(10-12-23(27)13-11-22)24(21(19)26)17-6-4-3-5-7-17/h3-9,14,19,27H,10-13H2,1-2H3. The number of benzene rings is 2. The predicted octanol–water partition coefficient (Wildman–Crippen LogP) is 3.23. The van der Waals surface area contributed by atoms with E-state index in [9.17, 15) is 14.8 Å². The van der Waals surface area contributed by atoms with Crippen LogP contribution in [0.4, 0.5) is 5.69 Å². The molecule has 1 amide bonds. The van der Waals surface area contributed by atoms with Gasteiger partial charge in [-0.15, -0.1) is 0 Å². The molecule has 0 aromatic heterocycles. The highest BCUT2D eigenvalue weighted by molar-refractivity contribution is 6.25. The fourth-order valence-electron chi connectivity index (χ4n) is 4.46. The number of hydroxylamine groups is 2. The Morgan fingerprint density at radius 3 is 2.33 bits per heavy atom. The number of para-hydroxylation sites is 1. The van der Waals surface area contributed by atoms with Gasteiger partial charge in [-0.25, -0.2) is 0 Å². The molecule has 1 N–H and O–H groups in total. The van der Waals surface area contributed by atoms with Crippen molar-refractivity contribution in [2.45, 2.75) is 38.1 Å². The van der Waals surface area contributed by atoms with Crippen LogP contribution in [0.3, 0.4) is 0 Å². The van der Waals surface area contributed by atoms with Crippen molar-refractivity contribution in [2.24, 2.45) is 0 Å².